The van der Waals surface area contributed by atoms with E-state index in [1.807, 2.05) is 30.5 Å². The van der Waals surface area contributed by atoms with E-state index < -0.39 is 0 Å². The minimum atomic E-state index is -0.300. The largest absolute Gasteiger partial charge is 0.342 e. The van der Waals surface area contributed by atoms with Crippen LogP contribution in [-0.2, 0) is 11.8 Å². The zero-order chi connectivity index (χ0) is 26.9. The summed E-state index contributed by atoms with van der Waals surface area (Å²) in [6.45, 7) is 1.61. The molecule has 8 heteroatoms. The summed E-state index contributed by atoms with van der Waals surface area (Å²) in [7, 11) is 0. The van der Waals surface area contributed by atoms with Gasteiger partial charge in [-0.15, -0.1) is 0 Å². The molecule has 4 N–H and O–H groups in total. The highest BCUT2D eigenvalue weighted by molar-refractivity contribution is 5.80. The Kier molecular flexibility index (Phi) is 5.07. The summed E-state index contributed by atoms with van der Waals surface area (Å²) < 4.78 is 0. The van der Waals surface area contributed by atoms with Crippen LogP contribution in [0.5, 0.6) is 0 Å². The number of nitrogens with zero attached hydrogens (tertiary/aromatic N) is 4. The van der Waals surface area contributed by atoms with Crippen LogP contribution in [0, 0.1) is 5.41 Å². The van der Waals surface area contributed by atoms with Crippen molar-refractivity contribution < 1.29 is 0 Å². The SMILES string of the molecule is N[C@@H]1c2ccccc2CC12CCN(c1nc3[nH]nc(C4(c5ccnc(-c6ccccc6)c5)CC4)c3c(=O)[nH]1)CC2. The molecule has 2 fully saturated rings. The summed E-state index contributed by atoms with van der Waals surface area (Å²) in [6, 6.07) is 23.0. The maximum absolute atomic E-state index is 13.6. The number of nitrogens with two attached hydrogens (primary N) is 1. The molecule has 1 spiro atoms. The van der Waals surface area contributed by atoms with E-state index >= 15 is 0 Å². The third-order valence-electron chi connectivity index (χ3n) is 9.65. The summed E-state index contributed by atoms with van der Waals surface area (Å²) in [5.74, 6) is 0.603. The third-order valence-corrected chi connectivity index (χ3v) is 9.65. The van der Waals surface area contributed by atoms with Crippen molar-refractivity contribution in [1.82, 2.24) is 25.1 Å². The molecule has 4 heterocycles. The van der Waals surface area contributed by atoms with Crippen molar-refractivity contribution in [2.75, 3.05) is 18.0 Å². The lowest BCUT2D eigenvalue weighted by Crippen LogP contribution is -2.45. The van der Waals surface area contributed by atoms with Gasteiger partial charge in [0.1, 0.15) is 5.39 Å². The van der Waals surface area contributed by atoms with E-state index in [9.17, 15) is 4.79 Å². The molecule has 8 rings (SSSR count). The number of piperidine rings is 1. The number of hydrogen-bond acceptors (Lipinski definition) is 6. The first-order valence-electron chi connectivity index (χ1n) is 14.2. The van der Waals surface area contributed by atoms with E-state index in [4.69, 9.17) is 10.7 Å². The molecular formula is C32H31N7O. The number of rotatable bonds is 4. The fraction of sp³-hybridized carbons (Fsp3) is 0.312. The van der Waals surface area contributed by atoms with Gasteiger partial charge in [-0.2, -0.15) is 10.1 Å². The number of pyridine rings is 1. The molecule has 1 saturated heterocycles. The smallest absolute Gasteiger partial charge is 0.263 e. The van der Waals surface area contributed by atoms with Crippen molar-refractivity contribution in [3.05, 3.63) is 106 Å². The standard InChI is InChI=1S/C32H31N7O/c33-26-23-9-5-4-8-21(23)19-31(26)13-16-39(17-14-31)30-35-28-25(29(40)36-30)27(37-38-28)32(11-12-32)22-10-15-34-24(18-22)20-6-2-1-3-7-20/h1-10,15,18,26H,11-14,16-17,19,33H2,(H2,35,36,37,38,40)/t26-/m1/s1. The maximum atomic E-state index is 13.6. The van der Waals surface area contributed by atoms with Crippen molar-refractivity contribution in [3.63, 3.8) is 0 Å². The number of benzene rings is 2. The number of fused-ring (bicyclic) bond motifs is 2. The molecule has 0 unspecified atom stereocenters. The number of H-pyrrole nitrogens is 2. The Hall–Kier alpha value is -4.30. The third kappa shape index (κ3) is 3.48. The van der Waals surface area contributed by atoms with Gasteiger partial charge in [-0.05, 0) is 66.3 Å². The number of anilines is 1. The topological polar surface area (TPSA) is 117 Å². The average molecular weight is 530 g/mol. The van der Waals surface area contributed by atoms with Crippen LogP contribution >= 0.6 is 0 Å². The Morgan fingerprint density at radius 3 is 2.50 bits per heavy atom. The Morgan fingerprint density at radius 1 is 0.950 bits per heavy atom. The van der Waals surface area contributed by atoms with Gasteiger partial charge in [0, 0.05) is 36.3 Å². The lowest BCUT2D eigenvalue weighted by atomic mass is 9.73. The summed E-state index contributed by atoms with van der Waals surface area (Å²) in [5.41, 5.74) is 13.5. The highest BCUT2D eigenvalue weighted by Crippen LogP contribution is 2.54. The van der Waals surface area contributed by atoms with Crippen LogP contribution in [0.15, 0.2) is 77.7 Å². The summed E-state index contributed by atoms with van der Waals surface area (Å²) in [6.07, 6.45) is 6.67. The van der Waals surface area contributed by atoms with Crippen LogP contribution in [0.2, 0.25) is 0 Å². The van der Waals surface area contributed by atoms with E-state index in [1.54, 1.807) is 0 Å². The maximum Gasteiger partial charge on any atom is 0.263 e. The molecule has 40 heavy (non-hydrogen) atoms. The van der Waals surface area contributed by atoms with E-state index in [1.165, 1.54) is 11.1 Å². The summed E-state index contributed by atoms with van der Waals surface area (Å²) in [5, 5.41) is 8.33. The average Bonchev–Trinajstić information content (AvgIpc) is 3.62. The molecular weight excluding hydrogens is 498 g/mol. The lowest BCUT2D eigenvalue weighted by Gasteiger charge is -2.42. The minimum Gasteiger partial charge on any atom is -0.342 e. The van der Waals surface area contributed by atoms with Gasteiger partial charge < -0.3 is 10.6 Å². The molecule has 1 saturated carbocycles. The van der Waals surface area contributed by atoms with Crippen molar-refractivity contribution in [2.45, 2.75) is 43.6 Å². The Bertz CT molecular complexity index is 1800. The molecule has 0 amide bonds. The zero-order valence-electron chi connectivity index (χ0n) is 22.2. The second-order valence-corrected chi connectivity index (χ2v) is 11.8. The first-order chi connectivity index (χ1) is 19.6. The molecule has 2 aromatic carbocycles. The summed E-state index contributed by atoms with van der Waals surface area (Å²) >= 11 is 0. The Labute approximate surface area is 231 Å². The predicted molar refractivity (Wildman–Crippen MR) is 155 cm³/mol. The molecule has 0 bridgehead atoms. The summed E-state index contributed by atoms with van der Waals surface area (Å²) in [4.78, 5) is 28.3. The molecule has 3 aliphatic rings. The second kappa shape index (κ2) is 8.60. The van der Waals surface area contributed by atoms with Gasteiger partial charge in [-0.25, -0.2) is 0 Å². The number of hydrogen-bond donors (Lipinski definition) is 3. The second-order valence-electron chi connectivity index (χ2n) is 11.8. The van der Waals surface area contributed by atoms with Crippen molar-refractivity contribution in [3.8, 4) is 11.3 Å². The molecule has 2 aliphatic carbocycles. The van der Waals surface area contributed by atoms with E-state index in [0.717, 1.165) is 67.7 Å². The van der Waals surface area contributed by atoms with Crippen LogP contribution in [0.1, 0.15) is 54.1 Å². The molecule has 8 nitrogen and oxygen atoms in total. The van der Waals surface area contributed by atoms with Crippen LogP contribution in [0.25, 0.3) is 22.3 Å². The van der Waals surface area contributed by atoms with Gasteiger partial charge in [0.25, 0.3) is 5.56 Å². The molecule has 5 aromatic rings. The van der Waals surface area contributed by atoms with Gasteiger partial charge in [-0.3, -0.25) is 19.9 Å². The van der Waals surface area contributed by atoms with E-state index in [0.29, 0.717) is 17.0 Å². The number of nitrogens with one attached hydrogen (secondary N) is 2. The Morgan fingerprint density at radius 2 is 1.73 bits per heavy atom. The normalized spacial score (nSPS) is 20.6. The molecule has 200 valence electrons. The van der Waals surface area contributed by atoms with Gasteiger partial charge in [0.15, 0.2) is 5.65 Å². The van der Waals surface area contributed by atoms with Gasteiger partial charge in [0.05, 0.1) is 11.4 Å². The molecule has 1 aliphatic heterocycles. The van der Waals surface area contributed by atoms with Crippen LogP contribution in [0.4, 0.5) is 5.95 Å². The number of aromatic amines is 2. The number of aromatic nitrogens is 5. The molecule has 1 atom stereocenters. The predicted octanol–water partition coefficient (Wildman–Crippen LogP) is 4.63. The van der Waals surface area contributed by atoms with Gasteiger partial charge in [0.2, 0.25) is 5.95 Å². The van der Waals surface area contributed by atoms with Crippen LogP contribution in [0.3, 0.4) is 0 Å². The van der Waals surface area contributed by atoms with E-state index in [2.05, 4.69) is 67.5 Å². The van der Waals surface area contributed by atoms with Gasteiger partial charge >= 0.3 is 0 Å². The van der Waals surface area contributed by atoms with Crippen molar-refractivity contribution in [1.29, 1.82) is 0 Å². The van der Waals surface area contributed by atoms with Gasteiger partial charge in [-0.1, -0.05) is 54.6 Å². The fourth-order valence-corrected chi connectivity index (χ4v) is 7.17. The zero-order valence-corrected chi connectivity index (χ0v) is 22.2. The Balaban J connectivity index is 1.08. The first kappa shape index (κ1) is 23.6. The quantitative estimate of drug-likeness (QED) is 0.313. The highest BCUT2D eigenvalue weighted by Gasteiger charge is 2.50. The monoisotopic (exact) mass is 529 g/mol. The van der Waals surface area contributed by atoms with Crippen LogP contribution in [-0.4, -0.2) is 38.2 Å². The van der Waals surface area contributed by atoms with Crippen molar-refractivity contribution >= 4 is 17.0 Å². The fourth-order valence-electron chi connectivity index (χ4n) is 7.17. The molecule has 0 radical (unpaired) electrons. The first-order valence-corrected chi connectivity index (χ1v) is 14.2. The minimum absolute atomic E-state index is 0.0563. The highest BCUT2D eigenvalue weighted by atomic mass is 16.1. The van der Waals surface area contributed by atoms with E-state index in [-0.39, 0.29) is 22.4 Å². The van der Waals surface area contributed by atoms with Crippen LogP contribution < -0.4 is 16.2 Å². The lowest BCUT2D eigenvalue weighted by molar-refractivity contribution is 0.187. The molecule has 3 aromatic heterocycles. The van der Waals surface area contributed by atoms with Crippen molar-refractivity contribution in [2.24, 2.45) is 11.1 Å².